The quantitative estimate of drug-likeness (QED) is 0.686. The number of hydrogen-bond donors (Lipinski definition) is 1. The maximum atomic E-state index is 12.8. The molecule has 0 aliphatic carbocycles. The molecule has 0 bridgehead atoms. The van der Waals surface area contributed by atoms with Gasteiger partial charge in [0.15, 0.2) is 5.82 Å². The smallest absolute Gasteiger partial charge is 0.262 e. The van der Waals surface area contributed by atoms with E-state index < -0.39 is 10.0 Å². The summed E-state index contributed by atoms with van der Waals surface area (Å²) in [5.74, 6) is 0.887. The highest BCUT2D eigenvalue weighted by Gasteiger charge is 2.18. The van der Waals surface area contributed by atoms with Gasteiger partial charge in [0.25, 0.3) is 10.0 Å². The molecule has 1 aliphatic heterocycles. The molecule has 0 radical (unpaired) electrons. The largest absolute Gasteiger partial charge is 0.355 e. The van der Waals surface area contributed by atoms with E-state index in [-0.39, 0.29) is 4.90 Å². The lowest BCUT2D eigenvalue weighted by Gasteiger charge is -2.15. The zero-order valence-electron chi connectivity index (χ0n) is 16.6. The fourth-order valence-electron chi connectivity index (χ4n) is 3.65. The molecule has 0 atom stereocenters. The molecule has 1 aliphatic rings. The van der Waals surface area contributed by atoms with Crippen LogP contribution < -0.4 is 9.62 Å². The monoisotopic (exact) mass is 408 g/mol. The first-order valence-electron chi connectivity index (χ1n) is 9.71. The molecule has 3 aromatic rings. The average molecular weight is 409 g/mol. The van der Waals surface area contributed by atoms with Gasteiger partial charge in [0.05, 0.1) is 10.6 Å². The van der Waals surface area contributed by atoms with Gasteiger partial charge in [-0.1, -0.05) is 29.8 Å². The summed E-state index contributed by atoms with van der Waals surface area (Å²) in [7, 11) is -3.67. The van der Waals surface area contributed by atoms with Crippen LogP contribution in [-0.2, 0) is 10.0 Å². The lowest BCUT2D eigenvalue weighted by molar-refractivity contribution is 0.600. The van der Waals surface area contributed by atoms with Gasteiger partial charge in [0, 0.05) is 24.3 Å². The van der Waals surface area contributed by atoms with Crippen molar-refractivity contribution in [1.82, 2.24) is 10.2 Å². The molecule has 29 heavy (non-hydrogen) atoms. The average Bonchev–Trinajstić information content (AvgIpc) is 3.22. The Morgan fingerprint density at radius 1 is 0.931 bits per heavy atom. The van der Waals surface area contributed by atoms with Crippen molar-refractivity contribution in [2.24, 2.45) is 0 Å². The van der Waals surface area contributed by atoms with Crippen molar-refractivity contribution in [3.05, 3.63) is 65.7 Å². The number of nitrogens with one attached hydrogen (secondary N) is 1. The predicted octanol–water partition coefficient (Wildman–Crippen LogP) is 4.16. The van der Waals surface area contributed by atoms with Crippen LogP contribution in [0.1, 0.15) is 24.0 Å². The number of benzene rings is 2. The predicted molar refractivity (Wildman–Crippen MR) is 116 cm³/mol. The van der Waals surface area contributed by atoms with Crippen LogP contribution in [0, 0.1) is 13.8 Å². The summed E-state index contributed by atoms with van der Waals surface area (Å²) in [4.78, 5) is 2.51. The molecule has 2 heterocycles. The highest BCUT2D eigenvalue weighted by atomic mass is 32.2. The van der Waals surface area contributed by atoms with Crippen LogP contribution in [0.5, 0.6) is 0 Å². The number of aryl methyl sites for hydroxylation is 2. The van der Waals surface area contributed by atoms with E-state index in [0.29, 0.717) is 11.4 Å². The van der Waals surface area contributed by atoms with Gasteiger partial charge in [-0.15, -0.1) is 10.2 Å². The lowest BCUT2D eigenvalue weighted by Crippen LogP contribution is -2.19. The third-order valence-corrected chi connectivity index (χ3v) is 6.65. The van der Waals surface area contributed by atoms with E-state index in [9.17, 15) is 8.42 Å². The summed E-state index contributed by atoms with van der Waals surface area (Å²) in [6, 6.07) is 16.4. The number of aromatic nitrogens is 2. The van der Waals surface area contributed by atoms with E-state index in [1.165, 1.54) is 12.8 Å². The standard InChI is InChI=1S/C22H24N4O2S/c1-16-8-10-21(17(2)14-16)29(27,28)25-19-7-5-6-18(15-19)20-9-11-22(24-23-20)26-12-3-4-13-26/h5-11,14-15,25H,3-4,12-13H2,1-2H3. The van der Waals surface area contributed by atoms with E-state index >= 15 is 0 Å². The van der Waals surface area contributed by atoms with E-state index in [2.05, 4.69) is 19.8 Å². The molecule has 1 saturated heterocycles. The normalized spacial score (nSPS) is 14.2. The number of hydrogen-bond acceptors (Lipinski definition) is 5. The van der Waals surface area contributed by atoms with Crippen molar-refractivity contribution in [3.8, 4) is 11.3 Å². The molecule has 0 spiro atoms. The minimum atomic E-state index is -3.67. The minimum Gasteiger partial charge on any atom is -0.355 e. The maximum absolute atomic E-state index is 12.8. The van der Waals surface area contributed by atoms with Crippen molar-refractivity contribution in [3.63, 3.8) is 0 Å². The molecule has 2 aromatic carbocycles. The van der Waals surface area contributed by atoms with Gasteiger partial charge in [-0.2, -0.15) is 0 Å². The van der Waals surface area contributed by atoms with Gasteiger partial charge in [0.1, 0.15) is 0 Å². The van der Waals surface area contributed by atoms with E-state index in [1.807, 2.05) is 37.3 Å². The zero-order valence-corrected chi connectivity index (χ0v) is 17.4. The van der Waals surface area contributed by atoms with E-state index in [4.69, 9.17) is 0 Å². The Bertz CT molecular complexity index is 1120. The Labute approximate surface area is 171 Å². The first-order chi connectivity index (χ1) is 13.9. The second kappa shape index (κ2) is 7.83. The topological polar surface area (TPSA) is 75.2 Å². The molecular weight excluding hydrogens is 384 g/mol. The van der Waals surface area contributed by atoms with Crippen molar-refractivity contribution in [1.29, 1.82) is 0 Å². The van der Waals surface area contributed by atoms with Crippen LogP contribution in [0.15, 0.2) is 59.5 Å². The maximum Gasteiger partial charge on any atom is 0.262 e. The first kappa shape index (κ1) is 19.4. The fourth-order valence-corrected chi connectivity index (χ4v) is 4.92. The molecule has 1 fully saturated rings. The van der Waals surface area contributed by atoms with Gasteiger partial charge in [-0.05, 0) is 62.6 Å². The van der Waals surface area contributed by atoms with Crippen LogP contribution in [0.4, 0.5) is 11.5 Å². The summed E-state index contributed by atoms with van der Waals surface area (Å²) >= 11 is 0. The Morgan fingerprint density at radius 3 is 2.41 bits per heavy atom. The third-order valence-electron chi connectivity index (χ3n) is 5.11. The summed E-state index contributed by atoms with van der Waals surface area (Å²) in [6.45, 7) is 5.78. The van der Waals surface area contributed by atoms with Crippen LogP contribution in [-0.4, -0.2) is 31.7 Å². The summed E-state index contributed by atoms with van der Waals surface area (Å²) in [5.41, 5.74) is 3.76. The van der Waals surface area contributed by atoms with Gasteiger partial charge >= 0.3 is 0 Å². The van der Waals surface area contributed by atoms with E-state index in [0.717, 1.165) is 35.6 Å². The highest BCUT2D eigenvalue weighted by molar-refractivity contribution is 7.92. The molecule has 0 amide bonds. The molecular formula is C22H24N4O2S. The van der Waals surface area contributed by atoms with Gasteiger partial charge in [-0.25, -0.2) is 8.42 Å². The molecule has 0 unspecified atom stereocenters. The number of anilines is 2. The first-order valence-corrected chi connectivity index (χ1v) is 11.2. The second-order valence-corrected chi connectivity index (χ2v) is 9.08. The molecule has 1 N–H and O–H groups in total. The highest BCUT2D eigenvalue weighted by Crippen LogP contribution is 2.25. The van der Waals surface area contributed by atoms with Gasteiger partial charge in [0.2, 0.25) is 0 Å². The summed E-state index contributed by atoms with van der Waals surface area (Å²) < 4.78 is 28.3. The minimum absolute atomic E-state index is 0.281. The lowest BCUT2D eigenvalue weighted by atomic mass is 10.1. The Kier molecular flexibility index (Phi) is 5.24. The van der Waals surface area contributed by atoms with Crippen molar-refractivity contribution >= 4 is 21.5 Å². The molecule has 4 rings (SSSR count). The number of rotatable bonds is 5. The summed E-state index contributed by atoms with van der Waals surface area (Å²) in [5, 5.41) is 8.69. The van der Waals surface area contributed by atoms with Crippen LogP contribution >= 0.6 is 0 Å². The Balaban J connectivity index is 1.57. The number of nitrogens with zero attached hydrogens (tertiary/aromatic N) is 3. The zero-order chi connectivity index (χ0) is 20.4. The van der Waals surface area contributed by atoms with Crippen molar-refractivity contribution < 1.29 is 8.42 Å². The second-order valence-electron chi connectivity index (χ2n) is 7.43. The van der Waals surface area contributed by atoms with Crippen molar-refractivity contribution in [2.45, 2.75) is 31.6 Å². The summed E-state index contributed by atoms with van der Waals surface area (Å²) in [6.07, 6.45) is 2.37. The molecule has 0 saturated carbocycles. The van der Waals surface area contributed by atoms with Gasteiger partial charge < -0.3 is 4.90 Å². The number of sulfonamides is 1. The van der Waals surface area contributed by atoms with Crippen LogP contribution in [0.25, 0.3) is 11.3 Å². The van der Waals surface area contributed by atoms with Crippen molar-refractivity contribution in [2.75, 3.05) is 22.7 Å². The molecule has 7 heteroatoms. The fraction of sp³-hybridized carbons (Fsp3) is 0.273. The SMILES string of the molecule is Cc1ccc(S(=O)(=O)Nc2cccc(-c3ccc(N4CCCC4)nn3)c2)c(C)c1. The third kappa shape index (κ3) is 4.24. The van der Waals surface area contributed by atoms with Crippen LogP contribution in [0.2, 0.25) is 0 Å². The molecule has 150 valence electrons. The Hall–Kier alpha value is -2.93. The van der Waals surface area contributed by atoms with E-state index in [1.54, 1.807) is 31.2 Å². The molecule has 6 nitrogen and oxygen atoms in total. The van der Waals surface area contributed by atoms with Crippen LogP contribution in [0.3, 0.4) is 0 Å². The van der Waals surface area contributed by atoms with Gasteiger partial charge in [-0.3, -0.25) is 4.72 Å². The molecule has 1 aromatic heterocycles. The Morgan fingerprint density at radius 2 is 1.72 bits per heavy atom.